The minimum atomic E-state index is 0.535. The summed E-state index contributed by atoms with van der Waals surface area (Å²) in [6.45, 7) is 2.16. The fourth-order valence-corrected chi connectivity index (χ4v) is 1.24. The lowest BCUT2D eigenvalue weighted by atomic mass is 10.3. The van der Waals surface area contributed by atoms with E-state index in [2.05, 4.69) is 28.4 Å². The lowest BCUT2D eigenvalue weighted by Crippen LogP contribution is -2.01. The second-order valence-electron chi connectivity index (χ2n) is 2.36. The highest BCUT2D eigenvalue weighted by Gasteiger charge is 2.02. The third-order valence-corrected chi connectivity index (χ3v) is 2.60. The Morgan fingerprint density at radius 3 is 2.82 bits per heavy atom. The van der Waals surface area contributed by atoms with Crippen LogP contribution in [-0.4, -0.2) is 26.7 Å². The van der Waals surface area contributed by atoms with Crippen molar-refractivity contribution in [2.45, 2.75) is 18.6 Å². The van der Waals surface area contributed by atoms with E-state index in [4.69, 9.17) is 12.2 Å². The molecule has 11 heavy (non-hydrogen) atoms. The van der Waals surface area contributed by atoms with Crippen LogP contribution in [0.3, 0.4) is 0 Å². The van der Waals surface area contributed by atoms with Gasteiger partial charge < -0.3 is 0 Å². The van der Waals surface area contributed by atoms with Crippen molar-refractivity contribution in [2.75, 3.05) is 6.26 Å². The number of nitrogens with one attached hydrogen (secondary N) is 2. The van der Waals surface area contributed by atoms with E-state index in [1.807, 2.05) is 11.8 Å². The number of aromatic amines is 2. The van der Waals surface area contributed by atoms with Crippen molar-refractivity contribution in [1.82, 2.24) is 15.2 Å². The molecule has 0 aliphatic rings. The van der Waals surface area contributed by atoms with Crippen LogP contribution in [0.5, 0.6) is 0 Å². The summed E-state index contributed by atoms with van der Waals surface area (Å²) < 4.78 is 0.535. The first kappa shape index (κ1) is 8.80. The van der Waals surface area contributed by atoms with Crippen LogP contribution in [0.1, 0.15) is 12.7 Å². The molecule has 1 rings (SSSR count). The maximum atomic E-state index is 4.82. The third-order valence-electron chi connectivity index (χ3n) is 1.43. The first-order valence-corrected chi connectivity index (χ1v) is 5.08. The monoisotopic (exact) mass is 189 g/mol. The summed E-state index contributed by atoms with van der Waals surface area (Å²) in [7, 11) is 0. The van der Waals surface area contributed by atoms with E-state index in [0.29, 0.717) is 10.0 Å². The van der Waals surface area contributed by atoms with Crippen LogP contribution in [-0.2, 0) is 6.42 Å². The summed E-state index contributed by atoms with van der Waals surface area (Å²) in [6.07, 6.45) is 3.03. The van der Waals surface area contributed by atoms with E-state index in [1.165, 1.54) is 0 Å². The van der Waals surface area contributed by atoms with Crippen molar-refractivity contribution in [3.05, 3.63) is 10.6 Å². The largest absolute Gasteiger partial charge is 0.286 e. The third kappa shape index (κ3) is 2.67. The molecular formula is C6H11N3S2. The van der Waals surface area contributed by atoms with E-state index in [-0.39, 0.29) is 0 Å². The molecule has 0 aliphatic carbocycles. The SMILES string of the molecule is CSC(C)Cc1nc(=S)[nH][nH]1. The fraction of sp³-hybridized carbons (Fsp3) is 0.667. The predicted octanol–water partition coefficient (Wildman–Crippen LogP) is 1.76. The van der Waals surface area contributed by atoms with Gasteiger partial charge in [-0.25, -0.2) is 4.98 Å². The minimum Gasteiger partial charge on any atom is -0.286 e. The molecule has 2 N–H and O–H groups in total. The van der Waals surface area contributed by atoms with E-state index in [9.17, 15) is 0 Å². The second kappa shape index (κ2) is 3.92. The van der Waals surface area contributed by atoms with E-state index >= 15 is 0 Å². The molecule has 1 heterocycles. The number of nitrogens with zero attached hydrogens (tertiary/aromatic N) is 1. The van der Waals surface area contributed by atoms with Gasteiger partial charge in [-0.15, -0.1) is 0 Å². The molecule has 0 amide bonds. The smallest absolute Gasteiger partial charge is 0.213 e. The van der Waals surface area contributed by atoms with Crippen molar-refractivity contribution in [1.29, 1.82) is 0 Å². The van der Waals surface area contributed by atoms with Crippen LogP contribution in [0.25, 0.3) is 0 Å². The minimum absolute atomic E-state index is 0.535. The Labute approximate surface area is 75.0 Å². The van der Waals surface area contributed by atoms with Gasteiger partial charge in [0.05, 0.1) is 0 Å². The molecule has 5 heteroatoms. The molecule has 0 fully saturated rings. The highest BCUT2D eigenvalue weighted by atomic mass is 32.2. The standard InChI is InChI=1S/C6H11N3S2/c1-4(11-2)3-5-7-6(10)9-8-5/h4H,3H2,1-2H3,(H2,7,8,9,10). The number of H-pyrrole nitrogens is 2. The summed E-state index contributed by atoms with van der Waals surface area (Å²) >= 11 is 6.64. The topological polar surface area (TPSA) is 44.5 Å². The van der Waals surface area contributed by atoms with Gasteiger partial charge in [0, 0.05) is 11.7 Å². The molecule has 1 aromatic heterocycles. The molecule has 1 unspecified atom stereocenters. The van der Waals surface area contributed by atoms with Crippen molar-refractivity contribution < 1.29 is 0 Å². The summed E-state index contributed by atoms with van der Waals surface area (Å²) in [5, 5.41) is 6.27. The summed E-state index contributed by atoms with van der Waals surface area (Å²) in [6, 6.07) is 0. The highest BCUT2D eigenvalue weighted by molar-refractivity contribution is 7.99. The quantitative estimate of drug-likeness (QED) is 0.712. The predicted molar refractivity (Wildman–Crippen MR) is 50.5 cm³/mol. The van der Waals surface area contributed by atoms with E-state index < -0.39 is 0 Å². The Bertz CT molecular complexity index is 265. The number of hydrogen-bond donors (Lipinski definition) is 2. The fourth-order valence-electron chi connectivity index (χ4n) is 0.756. The molecule has 3 nitrogen and oxygen atoms in total. The normalized spacial score (nSPS) is 13.3. The molecule has 0 bridgehead atoms. The highest BCUT2D eigenvalue weighted by Crippen LogP contribution is 2.09. The van der Waals surface area contributed by atoms with Gasteiger partial charge in [-0.05, 0) is 18.5 Å². The van der Waals surface area contributed by atoms with Crippen LogP contribution in [0.4, 0.5) is 0 Å². The molecule has 0 aromatic carbocycles. The number of hydrogen-bond acceptors (Lipinski definition) is 3. The molecule has 1 aromatic rings. The van der Waals surface area contributed by atoms with Crippen molar-refractivity contribution in [3.8, 4) is 0 Å². The molecule has 0 saturated carbocycles. The van der Waals surface area contributed by atoms with Crippen molar-refractivity contribution in [3.63, 3.8) is 0 Å². The van der Waals surface area contributed by atoms with Gasteiger partial charge in [-0.3, -0.25) is 10.2 Å². The Hall–Kier alpha value is -0.290. The van der Waals surface area contributed by atoms with Crippen LogP contribution in [0.2, 0.25) is 0 Å². The van der Waals surface area contributed by atoms with Crippen LogP contribution >= 0.6 is 24.0 Å². The molecule has 0 radical (unpaired) electrons. The molecule has 0 spiro atoms. The Morgan fingerprint density at radius 1 is 1.64 bits per heavy atom. The van der Waals surface area contributed by atoms with Crippen molar-refractivity contribution in [2.24, 2.45) is 0 Å². The first-order valence-electron chi connectivity index (χ1n) is 3.38. The molecule has 1 atom stereocenters. The van der Waals surface area contributed by atoms with Crippen molar-refractivity contribution >= 4 is 24.0 Å². The van der Waals surface area contributed by atoms with Gasteiger partial charge in [0.25, 0.3) is 0 Å². The summed E-state index contributed by atoms with van der Waals surface area (Å²) in [5.41, 5.74) is 0. The van der Waals surface area contributed by atoms with Crippen LogP contribution in [0.15, 0.2) is 0 Å². The molecular weight excluding hydrogens is 178 g/mol. The van der Waals surface area contributed by atoms with E-state index in [0.717, 1.165) is 12.2 Å². The average Bonchev–Trinajstić information content (AvgIpc) is 2.35. The maximum Gasteiger partial charge on any atom is 0.213 e. The average molecular weight is 189 g/mol. The van der Waals surface area contributed by atoms with Crippen LogP contribution < -0.4 is 0 Å². The lowest BCUT2D eigenvalue weighted by molar-refractivity contribution is 0.857. The lowest BCUT2D eigenvalue weighted by Gasteiger charge is -2.02. The number of thioether (sulfide) groups is 1. The number of rotatable bonds is 3. The Morgan fingerprint density at radius 2 is 2.36 bits per heavy atom. The van der Waals surface area contributed by atoms with E-state index in [1.54, 1.807) is 0 Å². The molecule has 0 saturated heterocycles. The number of aromatic nitrogens is 3. The van der Waals surface area contributed by atoms with Gasteiger partial charge in [0.15, 0.2) is 0 Å². The molecule has 62 valence electrons. The van der Waals surface area contributed by atoms with Gasteiger partial charge in [0.1, 0.15) is 5.82 Å². The maximum absolute atomic E-state index is 4.82. The molecule has 0 aliphatic heterocycles. The zero-order valence-corrected chi connectivity index (χ0v) is 8.18. The van der Waals surface area contributed by atoms with Crippen LogP contribution in [0, 0.1) is 4.77 Å². The Kier molecular flexibility index (Phi) is 3.14. The summed E-state index contributed by atoms with van der Waals surface area (Å²) in [5.74, 6) is 0.942. The zero-order valence-electron chi connectivity index (χ0n) is 6.55. The second-order valence-corrected chi connectivity index (χ2v) is 4.03. The van der Waals surface area contributed by atoms with Gasteiger partial charge in [-0.2, -0.15) is 11.8 Å². The first-order chi connectivity index (χ1) is 5.22. The van der Waals surface area contributed by atoms with Gasteiger partial charge in [0.2, 0.25) is 4.77 Å². The van der Waals surface area contributed by atoms with Gasteiger partial charge >= 0.3 is 0 Å². The Balaban J connectivity index is 2.57. The summed E-state index contributed by atoms with van der Waals surface area (Å²) in [4.78, 5) is 4.09. The van der Waals surface area contributed by atoms with Gasteiger partial charge in [-0.1, -0.05) is 6.92 Å². The zero-order chi connectivity index (χ0) is 8.27.